The number of hydrogen-bond donors (Lipinski definition) is 0. The first-order valence-corrected chi connectivity index (χ1v) is 6.77. The van der Waals surface area contributed by atoms with E-state index in [4.69, 9.17) is 21.1 Å². The number of pyridine rings is 1. The van der Waals surface area contributed by atoms with E-state index in [0.29, 0.717) is 5.02 Å². The minimum atomic E-state index is 0.0270. The van der Waals surface area contributed by atoms with Crippen molar-refractivity contribution in [1.82, 2.24) is 4.98 Å². The van der Waals surface area contributed by atoms with Gasteiger partial charge in [-0.05, 0) is 11.1 Å². The van der Waals surface area contributed by atoms with Gasteiger partial charge in [-0.1, -0.05) is 35.9 Å². The molecule has 0 saturated carbocycles. The lowest BCUT2D eigenvalue weighted by molar-refractivity contribution is 0.0363. The third kappa shape index (κ3) is 1.15. The van der Waals surface area contributed by atoms with Crippen LogP contribution in [0.15, 0.2) is 36.5 Å². The highest BCUT2D eigenvalue weighted by Gasteiger charge is 2.58. The standard InChI is InChI=1S/C15H10ClNO2/c16-7-5-10-12(17-6-7)11-13-8-3-1-2-4-9(8)14(19-13)15(11)18-10/h1-6,11,13-15H/t11-,13-,14+,15-/m1/s1. The van der Waals surface area contributed by atoms with E-state index >= 15 is 0 Å². The zero-order valence-corrected chi connectivity index (χ0v) is 10.7. The molecule has 3 aliphatic heterocycles. The summed E-state index contributed by atoms with van der Waals surface area (Å²) >= 11 is 5.98. The number of fused-ring (bicyclic) bond motifs is 10. The summed E-state index contributed by atoms with van der Waals surface area (Å²) in [6.45, 7) is 0. The first kappa shape index (κ1) is 10.2. The maximum atomic E-state index is 6.10. The number of aromatic nitrogens is 1. The van der Waals surface area contributed by atoms with E-state index in [1.165, 1.54) is 11.1 Å². The SMILES string of the molecule is Clc1cnc2c(c1)O[C@@H]1[C@H]2[C@@H]2O[C@H]1c1ccccc12. The number of halogens is 1. The van der Waals surface area contributed by atoms with Crippen LogP contribution in [-0.2, 0) is 4.74 Å². The molecule has 94 valence electrons. The second kappa shape index (κ2) is 3.30. The number of hydrogen-bond acceptors (Lipinski definition) is 3. The molecule has 1 saturated heterocycles. The summed E-state index contributed by atoms with van der Waals surface area (Å²) in [7, 11) is 0. The molecular weight excluding hydrogens is 262 g/mol. The largest absolute Gasteiger partial charge is 0.485 e. The maximum Gasteiger partial charge on any atom is 0.143 e. The van der Waals surface area contributed by atoms with Crippen LogP contribution in [0.2, 0.25) is 5.02 Å². The molecule has 3 aliphatic rings. The average molecular weight is 272 g/mol. The average Bonchev–Trinajstić information content (AvgIpc) is 3.05. The monoisotopic (exact) mass is 271 g/mol. The number of rotatable bonds is 0. The van der Waals surface area contributed by atoms with Crippen molar-refractivity contribution in [3.63, 3.8) is 0 Å². The quantitative estimate of drug-likeness (QED) is 0.736. The smallest absolute Gasteiger partial charge is 0.143 e. The van der Waals surface area contributed by atoms with Crippen LogP contribution in [0.25, 0.3) is 0 Å². The fourth-order valence-electron chi connectivity index (χ4n) is 3.58. The predicted molar refractivity (Wildman–Crippen MR) is 69.4 cm³/mol. The summed E-state index contributed by atoms with van der Waals surface area (Å²) in [5.74, 6) is 1.01. The van der Waals surface area contributed by atoms with E-state index in [2.05, 4.69) is 29.2 Å². The van der Waals surface area contributed by atoms with Gasteiger partial charge in [-0.15, -0.1) is 0 Å². The molecule has 0 aliphatic carbocycles. The van der Waals surface area contributed by atoms with E-state index in [1.807, 2.05) is 6.07 Å². The van der Waals surface area contributed by atoms with Gasteiger partial charge in [0.1, 0.15) is 18.0 Å². The van der Waals surface area contributed by atoms with E-state index in [9.17, 15) is 0 Å². The highest BCUT2D eigenvalue weighted by atomic mass is 35.5. The summed E-state index contributed by atoms with van der Waals surface area (Å²) in [6, 6.07) is 10.2. The zero-order chi connectivity index (χ0) is 12.6. The van der Waals surface area contributed by atoms with E-state index in [1.54, 1.807) is 6.20 Å². The lowest BCUT2D eigenvalue weighted by Crippen LogP contribution is -2.25. The highest BCUT2D eigenvalue weighted by Crippen LogP contribution is 2.62. The molecule has 1 aromatic carbocycles. The van der Waals surface area contributed by atoms with Gasteiger partial charge in [-0.3, -0.25) is 4.98 Å². The molecule has 2 bridgehead atoms. The highest BCUT2D eigenvalue weighted by molar-refractivity contribution is 6.30. The Kier molecular flexibility index (Phi) is 1.78. The molecule has 0 spiro atoms. The molecule has 0 unspecified atom stereocenters. The summed E-state index contributed by atoms with van der Waals surface area (Å²) in [5.41, 5.74) is 3.52. The fourth-order valence-corrected chi connectivity index (χ4v) is 3.73. The first-order valence-electron chi connectivity index (χ1n) is 6.39. The van der Waals surface area contributed by atoms with E-state index in [0.717, 1.165) is 11.4 Å². The van der Waals surface area contributed by atoms with Crippen LogP contribution in [0.4, 0.5) is 0 Å². The molecule has 1 fully saturated rings. The fraction of sp³-hybridized carbons (Fsp3) is 0.267. The van der Waals surface area contributed by atoms with Crippen LogP contribution < -0.4 is 4.74 Å². The molecule has 4 atom stereocenters. The third-order valence-electron chi connectivity index (χ3n) is 4.31. The Morgan fingerprint density at radius 1 is 1.11 bits per heavy atom. The lowest BCUT2D eigenvalue weighted by atomic mass is 9.81. The second-order valence-electron chi connectivity index (χ2n) is 5.25. The Hall–Kier alpha value is -1.58. The van der Waals surface area contributed by atoms with Crippen LogP contribution in [-0.4, -0.2) is 11.1 Å². The Morgan fingerprint density at radius 2 is 1.89 bits per heavy atom. The van der Waals surface area contributed by atoms with Gasteiger partial charge in [-0.2, -0.15) is 0 Å². The zero-order valence-electron chi connectivity index (χ0n) is 9.92. The topological polar surface area (TPSA) is 31.4 Å². The normalized spacial score (nSPS) is 32.7. The van der Waals surface area contributed by atoms with Crippen LogP contribution in [0.3, 0.4) is 0 Å². The van der Waals surface area contributed by atoms with E-state index in [-0.39, 0.29) is 24.2 Å². The van der Waals surface area contributed by atoms with Gasteiger partial charge >= 0.3 is 0 Å². The molecule has 3 nitrogen and oxygen atoms in total. The van der Waals surface area contributed by atoms with Crippen molar-refractivity contribution in [3.05, 3.63) is 58.4 Å². The molecule has 4 heterocycles. The Labute approximate surface area is 115 Å². The molecule has 4 heteroatoms. The van der Waals surface area contributed by atoms with Crippen LogP contribution in [0, 0.1) is 0 Å². The maximum absolute atomic E-state index is 6.10. The second-order valence-corrected chi connectivity index (χ2v) is 5.69. The summed E-state index contributed by atoms with van der Waals surface area (Å²) in [5, 5.41) is 0.615. The van der Waals surface area contributed by atoms with Crippen LogP contribution in [0.5, 0.6) is 5.75 Å². The summed E-state index contributed by atoms with van der Waals surface area (Å²) in [4.78, 5) is 4.46. The molecule has 0 radical (unpaired) electrons. The van der Waals surface area contributed by atoms with Crippen LogP contribution >= 0.6 is 11.6 Å². The lowest BCUT2D eigenvalue weighted by Gasteiger charge is -2.22. The molecule has 5 rings (SSSR count). The van der Waals surface area contributed by atoms with Gasteiger partial charge in [0.25, 0.3) is 0 Å². The van der Waals surface area contributed by atoms with Gasteiger partial charge in [0.05, 0.1) is 22.7 Å². The van der Waals surface area contributed by atoms with Gasteiger partial charge < -0.3 is 9.47 Å². The first-order chi connectivity index (χ1) is 9.33. The number of ether oxygens (including phenoxy) is 2. The number of nitrogens with zero attached hydrogens (tertiary/aromatic N) is 1. The Balaban J connectivity index is 1.69. The minimum absolute atomic E-state index is 0.0270. The van der Waals surface area contributed by atoms with Crippen molar-refractivity contribution in [2.45, 2.75) is 24.2 Å². The molecule has 1 aromatic heterocycles. The van der Waals surface area contributed by atoms with Crippen molar-refractivity contribution in [2.75, 3.05) is 0 Å². The van der Waals surface area contributed by atoms with Crippen molar-refractivity contribution >= 4 is 11.6 Å². The van der Waals surface area contributed by atoms with Crippen LogP contribution in [0.1, 0.15) is 34.9 Å². The Bertz CT molecular complexity index is 702. The van der Waals surface area contributed by atoms with Crippen molar-refractivity contribution in [2.24, 2.45) is 0 Å². The van der Waals surface area contributed by atoms with Gasteiger partial charge in [0, 0.05) is 12.3 Å². The van der Waals surface area contributed by atoms with Crippen molar-refractivity contribution in [1.29, 1.82) is 0 Å². The molecule has 0 N–H and O–H groups in total. The van der Waals surface area contributed by atoms with Crippen molar-refractivity contribution < 1.29 is 9.47 Å². The molecule has 2 aromatic rings. The predicted octanol–water partition coefficient (Wildman–Crippen LogP) is 3.41. The molecule has 0 amide bonds. The van der Waals surface area contributed by atoms with Crippen molar-refractivity contribution in [3.8, 4) is 5.75 Å². The molecule has 19 heavy (non-hydrogen) atoms. The summed E-state index contributed by atoms with van der Waals surface area (Å²) < 4.78 is 12.1. The van der Waals surface area contributed by atoms with Gasteiger partial charge in [0.15, 0.2) is 0 Å². The van der Waals surface area contributed by atoms with Gasteiger partial charge in [0.2, 0.25) is 0 Å². The van der Waals surface area contributed by atoms with E-state index < -0.39 is 0 Å². The van der Waals surface area contributed by atoms with Gasteiger partial charge in [-0.25, -0.2) is 0 Å². The minimum Gasteiger partial charge on any atom is -0.485 e. The number of benzene rings is 1. The molecular formula is C15H10ClNO2. The Morgan fingerprint density at radius 3 is 2.74 bits per heavy atom. The third-order valence-corrected chi connectivity index (χ3v) is 4.51. The summed E-state index contributed by atoms with van der Waals surface area (Å²) in [6.07, 6.45) is 1.82.